The van der Waals surface area contributed by atoms with Gasteiger partial charge in [-0.3, -0.25) is 0 Å². The fourth-order valence-electron chi connectivity index (χ4n) is 2.53. The molecule has 0 unspecified atom stereocenters. The Morgan fingerprint density at radius 2 is 1.85 bits per heavy atom. The summed E-state index contributed by atoms with van der Waals surface area (Å²) in [6.07, 6.45) is 1.53. The first-order chi connectivity index (χ1) is 12.6. The van der Waals surface area contributed by atoms with Crippen molar-refractivity contribution < 1.29 is 9.90 Å². The van der Waals surface area contributed by atoms with Gasteiger partial charge in [-0.1, -0.05) is 18.2 Å². The van der Waals surface area contributed by atoms with Gasteiger partial charge < -0.3 is 15.3 Å². The number of carboxylic acid groups (broad SMARTS) is 1. The Morgan fingerprint density at radius 1 is 1.15 bits per heavy atom. The summed E-state index contributed by atoms with van der Waals surface area (Å²) < 4.78 is 0. The average molecular weight is 369 g/mol. The molecule has 0 fully saturated rings. The number of aliphatic imine (C=N–C) groups is 1. The minimum Gasteiger partial charge on any atom is -0.478 e. The SMILES string of the molecule is CCN(CC)c1ccc(/C(=C/S)N=CNc2cccc(C(=O)O)c2)cc1. The highest BCUT2D eigenvalue weighted by molar-refractivity contribution is 7.83. The molecule has 2 aromatic rings. The van der Waals surface area contributed by atoms with Crippen LogP contribution < -0.4 is 10.2 Å². The summed E-state index contributed by atoms with van der Waals surface area (Å²) in [6, 6.07) is 14.7. The molecule has 0 atom stereocenters. The molecule has 2 rings (SSSR count). The van der Waals surface area contributed by atoms with Gasteiger partial charge in [0.25, 0.3) is 0 Å². The van der Waals surface area contributed by atoms with Crippen LogP contribution in [0.2, 0.25) is 0 Å². The lowest BCUT2D eigenvalue weighted by Crippen LogP contribution is -2.21. The summed E-state index contributed by atoms with van der Waals surface area (Å²) in [7, 11) is 0. The topological polar surface area (TPSA) is 64.9 Å². The van der Waals surface area contributed by atoms with Crippen molar-refractivity contribution in [1.29, 1.82) is 0 Å². The lowest BCUT2D eigenvalue weighted by Gasteiger charge is -2.21. The van der Waals surface area contributed by atoms with Gasteiger partial charge in [0.1, 0.15) is 0 Å². The Balaban J connectivity index is 2.08. The third-order valence-corrected chi connectivity index (χ3v) is 4.20. The van der Waals surface area contributed by atoms with Gasteiger partial charge in [-0.2, -0.15) is 0 Å². The van der Waals surface area contributed by atoms with Gasteiger partial charge in [0, 0.05) is 30.0 Å². The molecule has 0 spiro atoms. The van der Waals surface area contributed by atoms with Crippen molar-refractivity contribution >= 4 is 42.0 Å². The van der Waals surface area contributed by atoms with Gasteiger partial charge in [-0.15, -0.1) is 12.6 Å². The molecule has 0 saturated heterocycles. The average Bonchev–Trinajstić information content (AvgIpc) is 2.67. The van der Waals surface area contributed by atoms with Crippen LogP contribution in [0.5, 0.6) is 0 Å². The number of carbonyl (C=O) groups is 1. The molecule has 0 aromatic heterocycles. The third-order valence-electron chi connectivity index (χ3n) is 3.96. The standard InChI is InChI=1S/C20H23N3O2S/c1-3-23(4-2)18-10-8-15(9-11-18)19(13-26)22-14-21-17-7-5-6-16(12-17)20(24)25/h5-14,26H,3-4H2,1-2H3,(H,21,22)(H,24,25)/b19-13-. The maximum Gasteiger partial charge on any atom is 0.335 e. The van der Waals surface area contributed by atoms with E-state index in [1.165, 1.54) is 12.0 Å². The molecule has 0 saturated carbocycles. The van der Waals surface area contributed by atoms with E-state index < -0.39 is 5.97 Å². The van der Waals surface area contributed by atoms with Crippen LogP contribution in [0.25, 0.3) is 5.70 Å². The Labute approximate surface area is 159 Å². The molecule has 5 nitrogen and oxygen atoms in total. The Morgan fingerprint density at radius 3 is 2.42 bits per heavy atom. The smallest absolute Gasteiger partial charge is 0.335 e. The van der Waals surface area contributed by atoms with Crippen LogP contribution in [0.4, 0.5) is 11.4 Å². The first kappa shape index (κ1) is 19.6. The predicted molar refractivity (Wildman–Crippen MR) is 112 cm³/mol. The number of thiol groups is 1. The van der Waals surface area contributed by atoms with E-state index in [0.29, 0.717) is 11.4 Å². The number of benzene rings is 2. The molecule has 0 aliphatic rings. The summed E-state index contributed by atoms with van der Waals surface area (Å²) in [5.74, 6) is -0.963. The first-order valence-corrected chi connectivity index (χ1v) is 8.92. The molecule has 0 aliphatic heterocycles. The summed E-state index contributed by atoms with van der Waals surface area (Å²) in [5, 5.41) is 13.6. The second kappa shape index (κ2) is 9.68. The first-order valence-electron chi connectivity index (χ1n) is 8.41. The van der Waals surface area contributed by atoms with E-state index in [1.54, 1.807) is 29.7 Å². The highest BCUT2D eigenvalue weighted by Gasteiger charge is 2.04. The summed E-state index contributed by atoms with van der Waals surface area (Å²) in [5.41, 5.74) is 3.71. The summed E-state index contributed by atoms with van der Waals surface area (Å²) >= 11 is 4.24. The van der Waals surface area contributed by atoms with Crippen molar-refractivity contribution in [3.8, 4) is 0 Å². The number of carboxylic acids is 1. The van der Waals surface area contributed by atoms with Crippen molar-refractivity contribution in [2.45, 2.75) is 13.8 Å². The van der Waals surface area contributed by atoms with E-state index in [2.05, 4.69) is 53.8 Å². The second-order valence-corrected chi connectivity index (χ2v) is 5.78. The third kappa shape index (κ3) is 5.13. The quantitative estimate of drug-likeness (QED) is 0.361. The van der Waals surface area contributed by atoms with E-state index in [4.69, 9.17) is 5.11 Å². The molecule has 0 heterocycles. The normalized spacial score (nSPS) is 11.6. The zero-order valence-corrected chi connectivity index (χ0v) is 15.8. The van der Waals surface area contributed by atoms with Crippen LogP contribution >= 0.6 is 12.6 Å². The van der Waals surface area contributed by atoms with Crippen LogP contribution in [0.1, 0.15) is 29.8 Å². The van der Waals surface area contributed by atoms with Gasteiger partial charge in [-0.05, 0) is 49.6 Å². The Kier molecular flexibility index (Phi) is 7.29. The highest BCUT2D eigenvalue weighted by Crippen LogP contribution is 2.21. The van der Waals surface area contributed by atoms with E-state index in [-0.39, 0.29) is 5.56 Å². The highest BCUT2D eigenvalue weighted by atomic mass is 32.1. The zero-order chi connectivity index (χ0) is 18.9. The number of aromatic carboxylic acids is 1. The molecule has 2 N–H and O–H groups in total. The molecule has 6 heteroatoms. The molecule has 26 heavy (non-hydrogen) atoms. The van der Waals surface area contributed by atoms with Gasteiger partial charge in [-0.25, -0.2) is 9.79 Å². The van der Waals surface area contributed by atoms with E-state index in [1.807, 2.05) is 12.1 Å². The lowest BCUT2D eigenvalue weighted by atomic mass is 10.1. The monoisotopic (exact) mass is 369 g/mol. The van der Waals surface area contributed by atoms with Crippen LogP contribution in [0.15, 0.2) is 58.9 Å². The second-order valence-electron chi connectivity index (χ2n) is 5.52. The van der Waals surface area contributed by atoms with Crippen LogP contribution in [-0.2, 0) is 0 Å². The van der Waals surface area contributed by atoms with Gasteiger partial charge in [0.2, 0.25) is 0 Å². The largest absolute Gasteiger partial charge is 0.478 e. The molecule has 0 radical (unpaired) electrons. The van der Waals surface area contributed by atoms with Gasteiger partial charge >= 0.3 is 5.97 Å². The van der Waals surface area contributed by atoms with Crippen molar-refractivity contribution in [3.63, 3.8) is 0 Å². The van der Waals surface area contributed by atoms with Crippen molar-refractivity contribution in [2.75, 3.05) is 23.3 Å². The maximum absolute atomic E-state index is 11.0. The molecule has 0 amide bonds. The van der Waals surface area contributed by atoms with Crippen molar-refractivity contribution in [1.82, 2.24) is 0 Å². The fraction of sp³-hybridized carbons (Fsp3) is 0.200. The molecule has 136 valence electrons. The fourth-order valence-corrected chi connectivity index (χ4v) is 2.75. The minimum atomic E-state index is -0.963. The van der Waals surface area contributed by atoms with Crippen molar-refractivity contribution in [2.24, 2.45) is 4.99 Å². The minimum absolute atomic E-state index is 0.223. The van der Waals surface area contributed by atoms with Gasteiger partial charge in [0.15, 0.2) is 0 Å². The molecule has 0 aliphatic carbocycles. The van der Waals surface area contributed by atoms with Gasteiger partial charge in [0.05, 0.1) is 17.6 Å². The van der Waals surface area contributed by atoms with Crippen LogP contribution in [-0.4, -0.2) is 30.5 Å². The molecular weight excluding hydrogens is 346 g/mol. The molecular formula is C20H23N3O2S. The zero-order valence-electron chi connectivity index (χ0n) is 14.9. The number of rotatable bonds is 8. The lowest BCUT2D eigenvalue weighted by molar-refractivity contribution is 0.0697. The number of hydrogen-bond acceptors (Lipinski definition) is 4. The Hall–Kier alpha value is -2.73. The molecule has 2 aromatic carbocycles. The van der Waals surface area contributed by atoms with E-state index in [9.17, 15) is 4.79 Å². The maximum atomic E-state index is 11.0. The summed E-state index contributed by atoms with van der Waals surface area (Å²) in [4.78, 5) is 17.7. The number of nitrogens with zero attached hydrogens (tertiary/aromatic N) is 2. The van der Waals surface area contributed by atoms with Crippen LogP contribution in [0.3, 0.4) is 0 Å². The number of nitrogens with one attached hydrogen (secondary N) is 1. The van der Waals surface area contributed by atoms with Crippen LogP contribution in [0, 0.1) is 0 Å². The molecule has 0 bridgehead atoms. The van der Waals surface area contributed by atoms with E-state index in [0.717, 1.165) is 18.7 Å². The predicted octanol–water partition coefficient (Wildman–Crippen LogP) is 4.60. The summed E-state index contributed by atoms with van der Waals surface area (Å²) in [6.45, 7) is 6.18. The number of anilines is 2. The Bertz CT molecular complexity index is 797. The number of hydrogen-bond donors (Lipinski definition) is 3. The van der Waals surface area contributed by atoms with Crippen molar-refractivity contribution in [3.05, 3.63) is 65.1 Å². The van der Waals surface area contributed by atoms with E-state index >= 15 is 0 Å².